The van der Waals surface area contributed by atoms with Crippen molar-refractivity contribution in [3.05, 3.63) is 70.6 Å². The van der Waals surface area contributed by atoms with Crippen LogP contribution in [0.5, 0.6) is 0 Å². The van der Waals surface area contributed by atoms with E-state index in [2.05, 4.69) is 15.3 Å². The number of nitrogens with zero attached hydrogens (tertiary/aromatic N) is 3. The fraction of sp³-hybridized carbons (Fsp3) is 0.227. The van der Waals surface area contributed by atoms with Gasteiger partial charge in [-0.25, -0.2) is 9.67 Å². The first kappa shape index (κ1) is 20.0. The van der Waals surface area contributed by atoms with Gasteiger partial charge in [0.2, 0.25) is 5.91 Å². The van der Waals surface area contributed by atoms with E-state index in [0.717, 1.165) is 27.6 Å². The molecule has 8 heteroatoms. The van der Waals surface area contributed by atoms with Gasteiger partial charge in [0, 0.05) is 19.2 Å². The van der Waals surface area contributed by atoms with Gasteiger partial charge in [-0.2, -0.15) is 0 Å². The molecule has 0 saturated heterocycles. The lowest BCUT2D eigenvalue weighted by molar-refractivity contribution is -0.116. The van der Waals surface area contributed by atoms with E-state index >= 15 is 0 Å². The molecule has 2 N–H and O–H groups in total. The predicted molar refractivity (Wildman–Crippen MR) is 120 cm³/mol. The van der Waals surface area contributed by atoms with Crippen LogP contribution in [0.3, 0.4) is 0 Å². The van der Waals surface area contributed by atoms with E-state index in [0.29, 0.717) is 24.2 Å². The summed E-state index contributed by atoms with van der Waals surface area (Å²) in [6.07, 6.45) is 1.03. The molecule has 0 bridgehead atoms. The molecule has 4 rings (SSSR count). The number of hydrogen-bond donors (Lipinski definition) is 2. The molecule has 0 radical (unpaired) electrons. The van der Waals surface area contributed by atoms with Crippen molar-refractivity contribution >= 4 is 34.4 Å². The number of hydrogen-bond acceptors (Lipinski definition) is 4. The molecular weight excluding hydrogens is 398 g/mol. The lowest BCUT2D eigenvalue weighted by atomic mass is 10.3. The molecule has 2 aromatic carbocycles. The molecule has 2 aromatic heterocycles. The lowest BCUT2D eigenvalue weighted by Gasteiger charge is -2.07. The average Bonchev–Trinajstić information content (AvgIpc) is 3.26. The molecule has 4 aromatic rings. The normalized spacial score (nSPS) is 11.1. The number of fused-ring (bicyclic) bond motifs is 1. The second-order valence-electron chi connectivity index (χ2n) is 7.00. The first-order chi connectivity index (χ1) is 14.5. The van der Waals surface area contributed by atoms with Crippen LogP contribution in [0.4, 0.5) is 5.69 Å². The van der Waals surface area contributed by atoms with Gasteiger partial charge in [0.05, 0.1) is 22.4 Å². The van der Waals surface area contributed by atoms with Crippen LogP contribution in [0.2, 0.25) is 0 Å². The topological polar surface area (TPSA) is 84.7 Å². The largest absolute Gasteiger partial charge is 0.333 e. The van der Waals surface area contributed by atoms with Crippen molar-refractivity contribution in [2.75, 3.05) is 11.1 Å². The van der Waals surface area contributed by atoms with Gasteiger partial charge in [0.1, 0.15) is 5.69 Å². The minimum atomic E-state index is -0.230. The summed E-state index contributed by atoms with van der Waals surface area (Å²) in [5.41, 5.74) is 3.52. The summed E-state index contributed by atoms with van der Waals surface area (Å²) >= 11 is 1.59. The van der Waals surface area contributed by atoms with Crippen LogP contribution in [-0.4, -0.2) is 31.0 Å². The molecular formula is C22H23N5O2S. The summed E-state index contributed by atoms with van der Waals surface area (Å²) in [4.78, 5) is 33.1. The molecule has 0 spiro atoms. The lowest BCUT2D eigenvalue weighted by Crippen LogP contribution is -2.22. The quantitative estimate of drug-likeness (QED) is 0.350. The molecule has 0 atom stereocenters. The fourth-order valence-electron chi connectivity index (χ4n) is 3.31. The van der Waals surface area contributed by atoms with Crippen LogP contribution >= 0.6 is 11.8 Å². The van der Waals surface area contributed by atoms with Crippen molar-refractivity contribution in [1.29, 1.82) is 0 Å². The third kappa shape index (κ3) is 4.04. The van der Waals surface area contributed by atoms with Gasteiger partial charge in [-0.3, -0.25) is 14.3 Å². The number of anilines is 1. The van der Waals surface area contributed by atoms with E-state index in [9.17, 15) is 9.59 Å². The Morgan fingerprint density at radius 1 is 1.13 bits per heavy atom. The van der Waals surface area contributed by atoms with Gasteiger partial charge < -0.3 is 10.3 Å². The summed E-state index contributed by atoms with van der Waals surface area (Å²) in [5, 5.41) is 3.65. The zero-order valence-electron chi connectivity index (χ0n) is 16.9. The van der Waals surface area contributed by atoms with E-state index < -0.39 is 0 Å². The number of rotatable bonds is 7. The molecule has 0 saturated carbocycles. The van der Waals surface area contributed by atoms with Crippen molar-refractivity contribution in [1.82, 2.24) is 19.3 Å². The van der Waals surface area contributed by atoms with E-state index in [4.69, 9.17) is 0 Å². The summed E-state index contributed by atoms with van der Waals surface area (Å²) in [6, 6.07) is 17.3. The standard InChI is InChI=1S/C22H23N5O2S/c1-15-20(21(29)27(26(15)2)16-9-4-3-5-10-16)25-19(28)13-8-14-30-22-23-17-11-6-7-12-18(17)24-22/h3-7,9-12H,8,13-14H2,1-2H3,(H,23,24)(H,25,28). The van der Waals surface area contributed by atoms with Crippen LogP contribution in [0, 0.1) is 6.92 Å². The molecule has 0 fully saturated rings. The molecule has 0 aliphatic carbocycles. The number of carbonyl (C=O) groups excluding carboxylic acids is 1. The summed E-state index contributed by atoms with van der Waals surface area (Å²) in [5.74, 6) is 0.598. The maximum Gasteiger partial charge on any atom is 0.295 e. The molecule has 30 heavy (non-hydrogen) atoms. The number of carbonyl (C=O) groups is 1. The molecule has 2 heterocycles. The highest BCUT2D eigenvalue weighted by Gasteiger charge is 2.17. The maximum atomic E-state index is 12.9. The smallest absolute Gasteiger partial charge is 0.295 e. The molecule has 1 amide bonds. The van der Waals surface area contributed by atoms with Crippen LogP contribution in [0.1, 0.15) is 18.5 Å². The Balaban J connectivity index is 1.35. The van der Waals surface area contributed by atoms with Gasteiger partial charge >= 0.3 is 0 Å². The highest BCUT2D eigenvalue weighted by atomic mass is 32.2. The second kappa shape index (κ2) is 8.62. The SMILES string of the molecule is Cc1c(NC(=O)CCCSc2nc3ccccc3[nH]2)c(=O)n(-c2ccccc2)n1C. The number of benzene rings is 2. The van der Waals surface area contributed by atoms with Crippen molar-refractivity contribution in [3.63, 3.8) is 0 Å². The van der Waals surface area contributed by atoms with Crippen molar-refractivity contribution in [2.24, 2.45) is 7.05 Å². The van der Waals surface area contributed by atoms with Crippen LogP contribution in [0.25, 0.3) is 16.7 Å². The van der Waals surface area contributed by atoms with E-state index in [1.54, 1.807) is 21.1 Å². The zero-order chi connectivity index (χ0) is 21.1. The number of imidazole rings is 1. The molecule has 154 valence electrons. The zero-order valence-corrected chi connectivity index (χ0v) is 17.7. The van der Waals surface area contributed by atoms with Gasteiger partial charge in [-0.05, 0) is 37.6 Å². The van der Waals surface area contributed by atoms with Gasteiger partial charge in [-0.15, -0.1) is 0 Å². The number of thioether (sulfide) groups is 1. The summed E-state index contributed by atoms with van der Waals surface area (Å²) in [7, 11) is 1.81. The third-order valence-electron chi connectivity index (χ3n) is 4.97. The van der Waals surface area contributed by atoms with Crippen LogP contribution < -0.4 is 10.9 Å². The Kier molecular flexibility index (Phi) is 5.76. The number of aromatic amines is 1. The Labute approximate surface area is 178 Å². The molecule has 7 nitrogen and oxygen atoms in total. The molecule has 0 aliphatic heterocycles. The Bertz CT molecular complexity index is 1210. The first-order valence-corrected chi connectivity index (χ1v) is 10.7. The number of nitrogens with one attached hydrogen (secondary N) is 2. The third-order valence-corrected chi connectivity index (χ3v) is 5.93. The monoisotopic (exact) mass is 421 g/mol. The number of aromatic nitrogens is 4. The molecule has 0 aliphatic rings. The van der Waals surface area contributed by atoms with Crippen molar-refractivity contribution in [3.8, 4) is 5.69 Å². The maximum absolute atomic E-state index is 12.9. The van der Waals surface area contributed by atoms with Crippen LogP contribution in [-0.2, 0) is 11.8 Å². The van der Waals surface area contributed by atoms with E-state index in [1.165, 1.54) is 0 Å². The van der Waals surface area contributed by atoms with Crippen LogP contribution in [0.15, 0.2) is 64.5 Å². The summed E-state index contributed by atoms with van der Waals surface area (Å²) in [6.45, 7) is 1.83. The number of amides is 1. The highest BCUT2D eigenvalue weighted by Crippen LogP contribution is 2.20. The van der Waals surface area contributed by atoms with Gasteiger partial charge in [0.25, 0.3) is 5.56 Å². The second-order valence-corrected chi connectivity index (χ2v) is 8.08. The van der Waals surface area contributed by atoms with Crippen molar-refractivity contribution in [2.45, 2.75) is 24.9 Å². The minimum absolute atomic E-state index is 0.161. The highest BCUT2D eigenvalue weighted by molar-refractivity contribution is 7.99. The summed E-state index contributed by atoms with van der Waals surface area (Å²) < 4.78 is 3.31. The predicted octanol–water partition coefficient (Wildman–Crippen LogP) is 3.87. The Morgan fingerprint density at radius 3 is 2.63 bits per heavy atom. The van der Waals surface area contributed by atoms with E-state index in [1.807, 2.05) is 68.6 Å². The Hall–Kier alpha value is -3.26. The van der Waals surface area contributed by atoms with Crippen molar-refractivity contribution < 1.29 is 4.79 Å². The number of para-hydroxylation sites is 3. The number of H-pyrrole nitrogens is 1. The van der Waals surface area contributed by atoms with E-state index in [-0.39, 0.29) is 11.5 Å². The first-order valence-electron chi connectivity index (χ1n) is 9.76. The molecule has 0 unspecified atom stereocenters. The fourth-order valence-corrected chi connectivity index (χ4v) is 4.14. The van der Waals surface area contributed by atoms with Gasteiger partial charge in [-0.1, -0.05) is 42.1 Å². The minimum Gasteiger partial charge on any atom is -0.333 e. The van der Waals surface area contributed by atoms with Gasteiger partial charge in [0.15, 0.2) is 5.16 Å². The average molecular weight is 422 g/mol. The Morgan fingerprint density at radius 2 is 1.87 bits per heavy atom.